The summed E-state index contributed by atoms with van der Waals surface area (Å²) in [7, 11) is 0. The Morgan fingerprint density at radius 1 is 1.19 bits per heavy atom. The molecule has 1 aromatic rings. The minimum atomic E-state index is -1.38. The molecule has 0 radical (unpaired) electrons. The number of aliphatic carboxylic acids is 1. The highest BCUT2D eigenvalue weighted by atomic mass is 16.4. The molecule has 0 saturated heterocycles. The normalized spacial score (nSPS) is 10.9. The van der Waals surface area contributed by atoms with Crippen LogP contribution in [0.2, 0.25) is 0 Å². The average Bonchev–Trinajstić information content (AvgIpc) is 2.20. The Hall–Kier alpha value is -2.30. The molecule has 16 heavy (non-hydrogen) atoms. The standard InChI is InChI=1S/C11H11NO4/c1-7(13)12-9-4-2-8(3-5-9)6-10(14)11(15)16/h2-6,14H,1H3,(H,12,13)(H,15,16)/b10-6-. The summed E-state index contributed by atoms with van der Waals surface area (Å²) in [5.41, 5.74) is 1.15. The van der Waals surface area contributed by atoms with Crippen molar-refractivity contribution in [1.82, 2.24) is 0 Å². The fourth-order valence-electron chi connectivity index (χ4n) is 1.09. The van der Waals surface area contributed by atoms with Gasteiger partial charge in [-0.2, -0.15) is 0 Å². The van der Waals surface area contributed by atoms with Gasteiger partial charge in [0.15, 0.2) is 0 Å². The van der Waals surface area contributed by atoms with Crippen molar-refractivity contribution in [3.05, 3.63) is 35.6 Å². The molecule has 0 aliphatic carbocycles. The summed E-state index contributed by atoms with van der Waals surface area (Å²) in [6, 6.07) is 6.40. The molecule has 0 unspecified atom stereocenters. The molecule has 5 nitrogen and oxygen atoms in total. The van der Waals surface area contributed by atoms with Gasteiger partial charge in [-0.05, 0) is 23.8 Å². The van der Waals surface area contributed by atoms with Gasteiger partial charge in [0.25, 0.3) is 0 Å². The average molecular weight is 221 g/mol. The van der Waals surface area contributed by atoms with Crippen LogP contribution in [0.3, 0.4) is 0 Å². The first-order chi connectivity index (χ1) is 7.49. The lowest BCUT2D eigenvalue weighted by Crippen LogP contribution is -2.05. The van der Waals surface area contributed by atoms with Gasteiger partial charge in [0.1, 0.15) is 0 Å². The summed E-state index contributed by atoms with van der Waals surface area (Å²) in [4.78, 5) is 21.1. The van der Waals surface area contributed by atoms with Gasteiger partial charge in [0.2, 0.25) is 11.7 Å². The van der Waals surface area contributed by atoms with Crippen molar-refractivity contribution in [2.75, 3.05) is 5.32 Å². The lowest BCUT2D eigenvalue weighted by molar-refractivity contribution is -0.135. The van der Waals surface area contributed by atoms with Crippen LogP contribution in [-0.2, 0) is 9.59 Å². The number of amides is 1. The highest BCUT2D eigenvalue weighted by Crippen LogP contribution is 2.11. The van der Waals surface area contributed by atoms with E-state index in [4.69, 9.17) is 10.2 Å². The molecule has 0 aromatic heterocycles. The quantitative estimate of drug-likeness (QED) is 0.534. The minimum absolute atomic E-state index is 0.184. The largest absolute Gasteiger partial charge is 0.502 e. The molecular formula is C11H11NO4. The zero-order valence-electron chi connectivity index (χ0n) is 8.60. The molecular weight excluding hydrogens is 210 g/mol. The van der Waals surface area contributed by atoms with E-state index in [2.05, 4.69) is 5.32 Å². The van der Waals surface area contributed by atoms with Crippen LogP contribution in [0.15, 0.2) is 30.0 Å². The third-order valence-corrected chi connectivity index (χ3v) is 1.75. The highest BCUT2D eigenvalue weighted by molar-refractivity contribution is 5.90. The number of hydrogen-bond acceptors (Lipinski definition) is 3. The Kier molecular flexibility index (Phi) is 3.66. The second kappa shape index (κ2) is 4.97. The van der Waals surface area contributed by atoms with Crippen LogP contribution in [0.4, 0.5) is 5.69 Å². The lowest BCUT2D eigenvalue weighted by Gasteiger charge is -2.01. The second-order valence-electron chi connectivity index (χ2n) is 3.14. The highest BCUT2D eigenvalue weighted by Gasteiger charge is 2.03. The summed E-state index contributed by atoms with van der Waals surface area (Å²) in [5.74, 6) is -2.30. The van der Waals surface area contributed by atoms with Gasteiger partial charge in [-0.3, -0.25) is 4.79 Å². The Morgan fingerprint density at radius 3 is 2.19 bits per heavy atom. The van der Waals surface area contributed by atoms with Gasteiger partial charge >= 0.3 is 5.97 Å². The molecule has 1 rings (SSSR count). The van der Waals surface area contributed by atoms with E-state index in [-0.39, 0.29) is 5.91 Å². The van der Waals surface area contributed by atoms with E-state index >= 15 is 0 Å². The van der Waals surface area contributed by atoms with Crippen molar-refractivity contribution in [3.63, 3.8) is 0 Å². The topological polar surface area (TPSA) is 86.6 Å². The Bertz CT molecular complexity index is 434. The first kappa shape index (κ1) is 11.8. The van der Waals surface area contributed by atoms with E-state index in [9.17, 15) is 9.59 Å². The van der Waals surface area contributed by atoms with Gasteiger partial charge in [-0.15, -0.1) is 0 Å². The smallest absolute Gasteiger partial charge is 0.370 e. The number of anilines is 1. The number of nitrogens with one attached hydrogen (secondary N) is 1. The number of carboxylic acid groups (broad SMARTS) is 1. The van der Waals surface area contributed by atoms with E-state index in [0.717, 1.165) is 6.08 Å². The second-order valence-corrected chi connectivity index (χ2v) is 3.14. The predicted molar refractivity (Wildman–Crippen MR) is 59.0 cm³/mol. The third-order valence-electron chi connectivity index (χ3n) is 1.75. The van der Waals surface area contributed by atoms with Crippen molar-refractivity contribution in [1.29, 1.82) is 0 Å². The number of carbonyl (C=O) groups excluding carboxylic acids is 1. The summed E-state index contributed by atoms with van der Waals surface area (Å²) < 4.78 is 0. The lowest BCUT2D eigenvalue weighted by atomic mass is 10.2. The first-order valence-electron chi connectivity index (χ1n) is 4.50. The van der Waals surface area contributed by atoms with E-state index in [1.165, 1.54) is 6.92 Å². The number of carboxylic acids is 1. The number of benzene rings is 1. The Balaban J connectivity index is 2.83. The number of aliphatic hydroxyl groups excluding tert-OH is 1. The number of aliphatic hydroxyl groups is 1. The van der Waals surface area contributed by atoms with Crippen LogP contribution >= 0.6 is 0 Å². The SMILES string of the molecule is CC(=O)Nc1ccc(/C=C(\O)C(=O)O)cc1. The van der Waals surface area contributed by atoms with Crippen molar-refractivity contribution in [3.8, 4) is 0 Å². The monoisotopic (exact) mass is 221 g/mol. The summed E-state index contributed by atoms with van der Waals surface area (Å²) in [6.45, 7) is 1.39. The van der Waals surface area contributed by atoms with Crippen molar-refractivity contribution in [2.24, 2.45) is 0 Å². The van der Waals surface area contributed by atoms with Gasteiger partial charge in [0, 0.05) is 12.6 Å². The summed E-state index contributed by atoms with van der Waals surface area (Å²) in [6.07, 6.45) is 1.12. The molecule has 0 atom stereocenters. The van der Waals surface area contributed by atoms with Crippen molar-refractivity contribution >= 4 is 23.6 Å². The van der Waals surface area contributed by atoms with Gasteiger partial charge in [-0.25, -0.2) is 4.79 Å². The first-order valence-corrected chi connectivity index (χ1v) is 4.50. The molecule has 0 aliphatic heterocycles. The zero-order chi connectivity index (χ0) is 12.1. The molecule has 1 aromatic carbocycles. The summed E-state index contributed by atoms with van der Waals surface area (Å²) >= 11 is 0. The van der Waals surface area contributed by atoms with Crippen LogP contribution in [0.5, 0.6) is 0 Å². The maximum Gasteiger partial charge on any atom is 0.370 e. The van der Waals surface area contributed by atoms with Crippen LogP contribution in [0.25, 0.3) is 6.08 Å². The van der Waals surface area contributed by atoms with Crippen molar-refractivity contribution < 1.29 is 19.8 Å². The maximum absolute atomic E-state index is 10.7. The van der Waals surface area contributed by atoms with Crippen molar-refractivity contribution in [2.45, 2.75) is 6.92 Å². The number of rotatable bonds is 3. The fourth-order valence-corrected chi connectivity index (χ4v) is 1.09. The maximum atomic E-state index is 10.7. The molecule has 0 bridgehead atoms. The Morgan fingerprint density at radius 2 is 1.75 bits per heavy atom. The molecule has 0 saturated carbocycles. The fraction of sp³-hybridized carbons (Fsp3) is 0.0909. The zero-order valence-corrected chi connectivity index (χ0v) is 8.60. The molecule has 3 N–H and O–H groups in total. The van der Waals surface area contributed by atoms with E-state index in [1.54, 1.807) is 24.3 Å². The molecule has 84 valence electrons. The van der Waals surface area contributed by atoms with Crippen LogP contribution in [0.1, 0.15) is 12.5 Å². The molecule has 5 heteroatoms. The van der Waals surface area contributed by atoms with Crippen LogP contribution in [-0.4, -0.2) is 22.1 Å². The number of carbonyl (C=O) groups is 2. The molecule has 1 amide bonds. The number of hydrogen-bond donors (Lipinski definition) is 3. The van der Waals surface area contributed by atoms with E-state index < -0.39 is 11.7 Å². The molecule has 0 spiro atoms. The van der Waals surface area contributed by atoms with Gasteiger partial charge in [-0.1, -0.05) is 12.1 Å². The van der Waals surface area contributed by atoms with Gasteiger partial charge in [0.05, 0.1) is 0 Å². The van der Waals surface area contributed by atoms with E-state index in [1.807, 2.05) is 0 Å². The summed E-state index contributed by atoms with van der Waals surface area (Å²) in [5, 5.41) is 20.0. The van der Waals surface area contributed by atoms with Crippen LogP contribution < -0.4 is 5.32 Å². The Labute approximate surface area is 92.0 Å². The minimum Gasteiger partial charge on any atom is -0.502 e. The van der Waals surface area contributed by atoms with Crippen LogP contribution in [0, 0.1) is 0 Å². The molecule has 0 aliphatic rings. The van der Waals surface area contributed by atoms with Gasteiger partial charge < -0.3 is 15.5 Å². The third kappa shape index (κ3) is 3.45. The van der Waals surface area contributed by atoms with E-state index in [0.29, 0.717) is 11.3 Å². The molecule has 0 heterocycles. The predicted octanol–water partition coefficient (Wildman–Crippen LogP) is 1.63. The molecule has 0 fully saturated rings.